The van der Waals surface area contributed by atoms with Crippen molar-refractivity contribution in [1.29, 1.82) is 5.41 Å². The summed E-state index contributed by atoms with van der Waals surface area (Å²) in [6.07, 6.45) is 2.39. The minimum Gasteiger partial charge on any atom is -0.349 e. The first-order valence-corrected chi connectivity index (χ1v) is 9.51. The van der Waals surface area contributed by atoms with E-state index in [1.807, 2.05) is 55.5 Å². The summed E-state index contributed by atoms with van der Waals surface area (Å²) in [5.74, 6) is -0.0261. The number of guanidine groups is 1. The topological polar surface area (TPSA) is 85.3 Å². The van der Waals surface area contributed by atoms with Gasteiger partial charge in [-0.3, -0.25) is 19.9 Å². The van der Waals surface area contributed by atoms with E-state index in [1.54, 1.807) is 7.05 Å². The highest BCUT2D eigenvalue weighted by atomic mass is 16.2. The predicted octanol–water partition coefficient (Wildman–Crippen LogP) is 2.85. The van der Waals surface area contributed by atoms with E-state index in [1.165, 1.54) is 4.90 Å². The number of rotatable bonds is 4. The molecule has 2 fully saturated rings. The van der Waals surface area contributed by atoms with Crippen molar-refractivity contribution in [3.63, 3.8) is 0 Å². The SMILES string of the molecule is CN1C(=N)N[C@](C)(c2cccc(-c3cccc(C(=O)NC4CC4)c3)c2)CC1=O. The molecule has 1 atom stereocenters. The zero-order valence-electron chi connectivity index (χ0n) is 16.1. The maximum atomic E-state index is 12.4. The Kier molecular flexibility index (Phi) is 4.41. The van der Waals surface area contributed by atoms with Crippen LogP contribution < -0.4 is 10.6 Å². The van der Waals surface area contributed by atoms with Crippen LogP contribution in [-0.2, 0) is 10.3 Å². The molecule has 3 N–H and O–H groups in total. The van der Waals surface area contributed by atoms with E-state index in [-0.39, 0.29) is 24.2 Å². The monoisotopic (exact) mass is 376 g/mol. The molecule has 4 rings (SSSR count). The molecule has 1 saturated carbocycles. The second-order valence-electron chi connectivity index (χ2n) is 7.84. The number of amides is 2. The van der Waals surface area contributed by atoms with E-state index in [0.717, 1.165) is 29.5 Å². The molecule has 6 nitrogen and oxygen atoms in total. The number of hydrogen-bond acceptors (Lipinski definition) is 3. The fraction of sp³-hybridized carbons (Fsp3) is 0.318. The van der Waals surface area contributed by atoms with E-state index in [2.05, 4.69) is 10.6 Å². The fourth-order valence-electron chi connectivity index (χ4n) is 3.49. The van der Waals surface area contributed by atoms with Gasteiger partial charge in [0.25, 0.3) is 5.91 Å². The lowest BCUT2D eigenvalue weighted by Gasteiger charge is -2.39. The quantitative estimate of drug-likeness (QED) is 0.767. The smallest absolute Gasteiger partial charge is 0.251 e. The Bertz CT molecular complexity index is 947. The minimum absolute atomic E-state index is 0.0384. The Morgan fingerprint density at radius 1 is 1.18 bits per heavy atom. The molecule has 0 spiro atoms. The molecule has 2 aromatic carbocycles. The first-order chi connectivity index (χ1) is 13.4. The average molecular weight is 376 g/mol. The van der Waals surface area contributed by atoms with Gasteiger partial charge in [-0.05, 0) is 54.7 Å². The average Bonchev–Trinajstić information content (AvgIpc) is 3.50. The van der Waals surface area contributed by atoms with Crippen molar-refractivity contribution in [2.75, 3.05) is 7.05 Å². The third-order valence-corrected chi connectivity index (χ3v) is 5.48. The number of nitrogens with zero attached hydrogens (tertiary/aromatic N) is 1. The lowest BCUT2D eigenvalue weighted by Crippen LogP contribution is -2.58. The Labute approximate surface area is 164 Å². The summed E-state index contributed by atoms with van der Waals surface area (Å²) in [6.45, 7) is 1.94. The third kappa shape index (κ3) is 3.50. The summed E-state index contributed by atoms with van der Waals surface area (Å²) in [5, 5.41) is 14.2. The highest BCUT2D eigenvalue weighted by Crippen LogP contribution is 2.32. The second kappa shape index (κ2) is 6.78. The minimum atomic E-state index is -0.641. The van der Waals surface area contributed by atoms with Crippen LogP contribution in [0.1, 0.15) is 42.1 Å². The molecular weight excluding hydrogens is 352 g/mol. The van der Waals surface area contributed by atoms with Crippen molar-refractivity contribution in [2.24, 2.45) is 0 Å². The van der Waals surface area contributed by atoms with Crippen LogP contribution >= 0.6 is 0 Å². The summed E-state index contributed by atoms with van der Waals surface area (Å²) >= 11 is 0. The molecule has 0 aromatic heterocycles. The highest BCUT2D eigenvalue weighted by Gasteiger charge is 2.37. The summed E-state index contributed by atoms with van der Waals surface area (Å²) in [7, 11) is 1.60. The third-order valence-electron chi connectivity index (χ3n) is 5.48. The van der Waals surface area contributed by atoms with Crippen LogP contribution in [0.5, 0.6) is 0 Å². The largest absolute Gasteiger partial charge is 0.349 e. The van der Waals surface area contributed by atoms with Gasteiger partial charge in [-0.25, -0.2) is 0 Å². The van der Waals surface area contributed by atoms with Gasteiger partial charge in [-0.2, -0.15) is 0 Å². The lowest BCUT2D eigenvalue weighted by molar-refractivity contribution is -0.129. The summed E-state index contributed by atoms with van der Waals surface area (Å²) < 4.78 is 0. The van der Waals surface area contributed by atoms with Gasteiger partial charge in [0, 0.05) is 18.7 Å². The molecule has 2 amide bonds. The number of carbonyl (C=O) groups excluding carboxylic acids is 2. The van der Waals surface area contributed by atoms with Gasteiger partial charge in [0.2, 0.25) is 5.91 Å². The molecule has 2 aromatic rings. The second-order valence-corrected chi connectivity index (χ2v) is 7.84. The molecule has 1 aliphatic carbocycles. The molecular formula is C22H24N4O2. The molecule has 1 aliphatic heterocycles. The molecule has 0 radical (unpaired) electrons. The Morgan fingerprint density at radius 3 is 2.54 bits per heavy atom. The fourth-order valence-corrected chi connectivity index (χ4v) is 3.49. The van der Waals surface area contributed by atoms with Crippen LogP contribution in [-0.4, -0.2) is 35.8 Å². The van der Waals surface area contributed by atoms with Gasteiger partial charge >= 0.3 is 0 Å². The molecule has 1 heterocycles. The molecule has 144 valence electrons. The van der Waals surface area contributed by atoms with Crippen LogP contribution in [0.4, 0.5) is 0 Å². The summed E-state index contributed by atoms with van der Waals surface area (Å²) in [4.78, 5) is 25.9. The molecule has 0 bridgehead atoms. The Morgan fingerprint density at radius 2 is 1.86 bits per heavy atom. The standard InChI is InChI=1S/C22H24N4O2/c1-22(13-19(27)26(2)21(23)25-22)17-8-4-6-15(12-17)14-5-3-7-16(11-14)20(28)24-18-9-10-18/h3-8,11-12,18H,9-10,13H2,1-2H3,(H2,23,25)(H,24,28)/t22-/m0/s1. The van der Waals surface area contributed by atoms with Crippen molar-refractivity contribution < 1.29 is 9.59 Å². The molecule has 0 unspecified atom stereocenters. The van der Waals surface area contributed by atoms with Crippen LogP contribution in [0.15, 0.2) is 48.5 Å². The number of carbonyl (C=O) groups is 2. The van der Waals surface area contributed by atoms with Crippen molar-refractivity contribution >= 4 is 17.8 Å². The Hall–Kier alpha value is -3.15. The first-order valence-electron chi connectivity index (χ1n) is 9.51. The van der Waals surface area contributed by atoms with Crippen LogP contribution in [0.3, 0.4) is 0 Å². The van der Waals surface area contributed by atoms with E-state index in [0.29, 0.717) is 11.6 Å². The van der Waals surface area contributed by atoms with Gasteiger partial charge < -0.3 is 10.6 Å². The molecule has 2 aliphatic rings. The normalized spacial score (nSPS) is 22.0. The molecule has 1 saturated heterocycles. The summed E-state index contributed by atoms with van der Waals surface area (Å²) in [5.41, 5.74) is 2.86. The van der Waals surface area contributed by atoms with Crippen LogP contribution in [0.25, 0.3) is 11.1 Å². The van der Waals surface area contributed by atoms with E-state index >= 15 is 0 Å². The predicted molar refractivity (Wildman–Crippen MR) is 108 cm³/mol. The highest BCUT2D eigenvalue weighted by molar-refractivity contribution is 5.99. The van der Waals surface area contributed by atoms with Gasteiger partial charge in [0.1, 0.15) is 0 Å². The number of benzene rings is 2. The number of hydrogen-bond donors (Lipinski definition) is 3. The van der Waals surface area contributed by atoms with Gasteiger partial charge in [0.05, 0.1) is 12.0 Å². The van der Waals surface area contributed by atoms with Gasteiger partial charge in [-0.15, -0.1) is 0 Å². The van der Waals surface area contributed by atoms with Crippen molar-refractivity contribution in [2.45, 2.75) is 37.8 Å². The van der Waals surface area contributed by atoms with E-state index in [4.69, 9.17) is 5.41 Å². The molecule has 28 heavy (non-hydrogen) atoms. The molecule has 6 heteroatoms. The van der Waals surface area contributed by atoms with Crippen LogP contribution in [0.2, 0.25) is 0 Å². The zero-order valence-corrected chi connectivity index (χ0v) is 16.1. The van der Waals surface area contributed by atoms with Gasteiger partial charge in [-0.1, -0.05) is 30.3 Å². The van der Waals surface area contributed by atoms with Crippen molar-refractivity contribution in [3.8, 4) is 11.1 Å². The maximum absolute atomic E-state index is 12.4. The van der Waals surface area contributed by atoms with Crippen molar-refractivity contribution in [1.82, 2.24) is 15.5 Å². The van der Waals surface area contributed by atoms with E-state index in [9.17, 15) is 9.59 Å². The Balaban J connectivity index is 1.63. The first kappa shape index (κ1) is 18.2. The van der Waals surface area contributed by atoms with E-state index < -0.39 is 5.54 Å². The van der Waals surface area contributed by atoms with Crippen LogP contribution in [0, 0.1) is 5.41 Å². The van der Waals surface area contributed by atoms with Gasteiger partial charge in [0.15, 0.2) is 5.96 Å². The summed E-state index contributed by atoms with van der Waals surface area (Å²) in [6, 6.07) is 15.8. The number of nitrogens with one attached hydrogen (secondary N) is 3. The zero-order chi connectivity index (χ0) is 19.9. The lowest BCUT2D eigenvalue weighted by atomic mass is 9.85. The maximum Gasteiger partial charge on any atom is 0.251 e. The van der Waals surface area contributed by atoms with Crippen molar-refractivity contribution in [3.05, 3.63) is 59.7 Å².